The van der Waals surface area contributed by atoms with Crippen molar-refractivity contribution in [3.05, 3.63) is 95.6 Å². The first-order valence-corrected chi connectivity index (χ1v) is 17.1. The van der Waals surface area contributed by atoms with Crippen LogP contribution in [0.15, 0.2) is 78.9 Å². The molecule has 0 spiro atoms. The monoisotopic (exact) mass is 544 g/mol. The molecule has 3 aromatic rings. The van der Waals surface area contributed by atoms with Gasteiger partial charge in [0, 0.05) is 19.6 Å². The Labute approximate surface area is 238 Å². The Morgan fingerprint density at radius 3 is 1.87 bits per heavy atom. The van der Waals surface area contributed by atoms with Crippen LogP contribution in [0.5, 0.6) is 11.5 Å². The molecular weight excluding hydrogens is 496 g/mol. The SMILES string of the molecule is CC/C(=C(/c1ccc(OCCN(C)CCNC)cc1)c1ccc(O[Si](C)(C)C(C)(C)C)cc1)c1ccccc1. The Kier molecular flexibility index (Phi) is 11.0. The Balaban J connectivity index is 1.90. The van der Waals surface area contributed by atoms with Crippen molar-refractivity contribution >= 4 is 19.5 Å². The second-order valence-electron chi connectivity index (χ2n) is 11.7. The third-order valence-electron chi connectivity index (χ3n) is 7.73. The minimum Gasteiger partial charge on any atom is -0.544 e. The summed E-state index contributed by atoms with van der Waals surface area (Å²) in [6, 6.07) is 28.0. The normalized spacial score (nSPS) is 12.8. The van der Waals surface area contributed by atoms with Gasteiger partial charge in [0.05, 0.1) is 0 Å². The fourth-order valence-corrected chi connectivity index (χ4v) is 5.30. The predicted octanol–water partition coefficient (Wildman–Crippen LogP) is 7.97. The topological polar surface area (TPSA) is 33.7 Å². The molecule has 39 heavy (non-hydrogen) atoms. The number of ether oxygens (including phenoxy) is 1. The summed E-state index contributed by atoms with van der Waals surface area (Å²) in [5, 5.41) is 3.35. The van der Waals surface area contributed by atoms with Gasteiger partial charge in [-0.05, 0) is 90.8 Å². The maximum atomic E-state index is 6.57. The molecule has 0 aromatic heterocycles. The molecule has 0 amide bonds. The van der Waals surface area contributed by atoms with E-state index < -0.39 is 8.32 Å². The van der Waals surface area contributed by atoms with E-state index in [1.807, 2.05) is 7.05 Å². The lowest BCUT2D eigenvalue weighted by atomic mass is 9.88. The molecule has 0 aliphatic heterocycles. The van der Waals surface area contributed by atoms with Gasteiger partial charge in [0.25, 0.3) is 0 Å². The minimum absolute atomic E-state index is 0.158. The highest BCUT2D eigenvalue weighted by atomic mass is 28.4. The predicted molar refractivity (Wildman–Crippen MR) is 170 cm³/mol. The highest BCUT2D eigenvalue weighted by molar-refractivity contribution is 6.74. The molecule has 0 heterocycles. The number of benzene rings is 3. The van der Waals surface area contributed by atoms with Crippen molar-refractivity contribution in [1.82, 2.24) is 10.2 Å². The lowest BCUT2D eigenvalue weighted by molar-refractivity contribution is 0.238. The zero-order valence-electron chi connectivity index (χ0n) is 25.3. The first-order chi connectivity index (χ1) is 18.6. The number of hydrogen-bond donors (Lipinski definition) is 1. The van der Waals surface area contributed by atoms with Crippen LogP contribution in [-0.2, 0) is 0 Å². The van der Waals surface area contributed by atoms with Crippen LogP contribution < -0.4 is 14.5 Å². The molecule has 5 heteroatoms. The number of nitrogens with zero attached hydrogens (tertiary/aromatic N) is 1. The quantitative estimate of drug-likeness (QED) is 0.175. The van der Waals surface area contributed by atoms with Crippen molar-refractivity contribution in [3.63, 3.8) is 0 Å². The standard InChI is InChI=1S/C34H48N2O2Si/c1-9-32(27-13-11-10-12-14-27)33(29-17-21-31(22-18-29)38-39(7,8)34(2,3)4)28-15-19-30(20-16-28)37-26-25-36(6)24-23-35-5/h10-22,35H,9,23-26H2,1-8H3/b33-32+. The average Bonchev–Trinajstić information content (AvgIpc) is 2.91. The summed E-state index contributed by atoms with van der Waals surface area (Å²) >= 11 is 0. The van der Waals surface area contributed by atoms with Gasteiger partial charge in [0.2, 0.25) is 8.32 Å². The first-order valence-electron chi connectivity index (χ1n) is 14.2. The second-order valence-corrected chi connectivity index (χ2v) is 16.5. The molecular formula is C34H48N2O2Si. The summed E-state index contributed by atoms with van der Waals surface area (Å²) in [7, 11) is 2.21. The Bertz CT molecular complexity index is 1180. The molecule has 3 rings (SSSR count). The van der Waals surface area contributed by atoms with Gasteiger partial charge in [0.15, 0.2) is 0 Å². The highest BCUT2D eigenvalue weighted by Gasteiger charge is 2.38. The van der Waals surface area contributed by atoms with Crippen LogP contribution in [0.2, 0.25) is 18.1 Å². The third kappa shape index (κ3) is 8.56. The van der Waals surface area contributed by atoms with E-state index in [2.05, 4.69) is 137 Å². The first kappa shape index (κ1) is 30.7. The average molecular weight is 545 g/mol. The van der Waals surface area contributed by atoms with Crippen LogP contribution in [0, 0.1) is 0 Å². The minimum atomic E-state index is -1.90. The zero-order chi connectivity index (χ0) is 28.5. The summed E-state index contributed by atoms with van der Waals surface area (Å²) in [5.74, 6) is 1.85. The van der Waals surface area contributed by atoms with Gasteiger partial charge in [-0.15, -0.1) is 0 Å². The van der Waals surface area contributed by atoms with E-state index >= 15 is 0 Å². The Morgan fingerprint density at radius 2 is 1.36 bits per heavy atom. The fraction of sp³-hybridized carbons (Fsp3) is 0.412. The van der Waals surface area contributed by atoms with Gasteiger partial charge in [-0.25, -0.2) is 0 Å². The van der Waals surface area contributed by atoms with Crippen LogP contribution >= 0.6 is 0 Å². The van der Waals surface area contributed by atoms with E-state index in [9.17, 15) is 0 Å². The molecule has 210 valence electrons. The van der Waals surface area contributed by atoms with Crippen molar-refractivity contribution < 1.29 is 9.16 Å². The molecule has 0 aliphatic carbocycles. The molecule has 0 bridgehead atoms. The largest absolute Gasteiger partial charge is 0.544 e. The van der Waals surface area contributed by atoms with Crippen LogP contribution in [-0.4, -0.2) is 53.6 Å². The molecule has 0 saturated heterocycles. The van der Waals surface area contributed by atoms with Crippen molar-refractivity contribution in [2.45, 2.75) is 52.2 Å². The third-order valence-corrected chi connectivity index (χ3v) is 12.1. The molecule has 4 nitrogen and oxygen atoms in total. The van der Waals surface area contributed by atoms with Crippen molar-refractivity contribution in [3.8, 4) is 11.5 Å². The second kappa shape index (κ2) is 14.0. The molecule has 0 atom stereocenters. The summed E-state index contributed by atoms with van der Waals surface area (Å²) in [5.41, 5.74) is 6.21. The van der Waals surface area contributed by atoms with E-state index in [-0.39, 0.29) is 5.04 Å². The summed E-state index contributed by atoms with van der Waals surface area (Å²) in [6.07, 6.45) is 0.929. The van der Waals surface area contributed by atoms with Crippen LogP contribution in [0.3, 0.4) is 0 Å². The number of rotatable bonds is 13. The van der Waals surface area contributed by atoms with E-state index in [4.69, 9.17) is 9.16 Å². The maximum Gasteiger partial charge on any atom is 0.250 e. The lowest BCUT2D eigenvalue weighted by Crippen LogP contribution is -2.43. The van der Waals surface area contributed by atoms with E-state index in [0.717, 1.165) is 37.6 Å². The number of nitrogens with one attached hydrogen (secondary N) is 1. The van der Waals surface area contributed by atoms with E-state index in [1.165, 1.54) is 27.8 Å². The van der Waals surface area contributed by atoms with Gasteiger partial charge >= 0.3 is 0 Å². The summed E-state index contributed by atoms with van der Waals surface area (Å²) in [6.45, 7) is 17.2. The van der Waals surface area contributed by atoms with Crippen LogP contribution in [0.1, 0.15) is 50.8 Å². The molecule has 0 fully saturated rings. The maximum absolute atomic E-state index is 6.57. The van der Waals surface area contributed by atoms with Crippen molar-refractivity contribution in [1.29, 1.82) is 0 Å². The Morgan fingerprint density at radius 1 is 0.795 bits per heavy atom. The molecule has 0 aliphatic rings. The fourth-order valence-electron chi connectivity index (χ4n) is 4.27. The summed E-state index contributed by atoms with van der Waals surface area (Å²) in [4.78, 5) is 2.28. The van der Waals surface area contributed by atoms with Gasteiger partial charge in [0.1, 0.15) is 18.1 Å². The van der Waals surface area contributed by atoms with Crippen molar-refractivity contribution in [2.24, 2.45) is 0 Å². The number of hydrogen-bond acceptors (Lipinski definition) is 4. The zero-order valence-corrected chi connectivity index (χ0v) is 26.3. The van der Waals surface area contributed by atoms with Crippen molar-refractivity contribution in [2.75, 3.05) is 40.3 Å². The van der Waals surface area contributed by atoms with Gasteiger partial charge in [-0.3, -0.25) is 0 Å². The Hall–Kier alpha value is -2.86. The van der Waals surface area contributed by atoms with Crippen LogP contribution in [0.4, 0.5) is 0 Å². The highest BCUT2D eigenvalue weighted by Crippen LogP contribution is 2.39. The molecule has 3 aromatic carbocycles. The smallest absolute Gasteiger partial charge is 0.250 e. The lowest BCUT2D eigenvalue weighted by Gasteiger charge is -2.36. The summed E-state index contributed by atoms with van der Waals surface area (Å²) < 4.78 is 12.6. The van der Waals surface area contributed by atoms with Crippen LogP contribution in [0.25, 0.3) is 11.1 Å². The molecule has 1 N–H and O–H groups in total. The number of likely N-dealkylation sites (N-methyl/N-ethyl adjacent to an activating group) is 2. The van der Waals surface area contributed by atoms with Gasteiger partial charge < -0.3 is 19.4 Å². The molecule has 0 unspecified atom stereocenters. The van der Waals surface area contributed by atoms with Gasteiger partial charge in [-0.1, -0.05) is 82.3 Å². The molecule has 0 radical (unpaired) electrons. The van der Waals surface area contributed by atoms with E-state index in [0.29, 0.717) is 6.61 Å². The molecule has 0 saturated carbocycles. The van der Waals surface area contributed by atoms with Gasteiger partial charge in [-0.2, -0.15) is 0 Å². The van der Waals surface area contributed by atoms with E-state index in [1.54, 1.807) is 0 Å². The number of allylic oxidation sites excluding steroid dienone is 1.